The number of hydrogen-bond donors (Lipinski definition) is 2. The van der Waals surface area contributed by atoms with E-state index in [1.54, 1.807) is 0 Å². The maximum absolute atomic E-state index is 12.2. The lowest BCUT2D eigenvalue weighted by atomic mass is 9.92. The summed E-state index contributed by atoms with van der Waals surface area (Å²) >= 11 is 0. The lowest BCUT2D eigenvalue weighted by molar-refractivity contribution is 0.296. The molecule has 0 aliphatic heterocycles. The molecule has 0 saturated heterocycles. The Hall–Kier alpha value is -3.64. The van der Waals surface area contributed by atoms with Crippen molar-refractivity contribution in [3.05, 3.63) is 60.2 Å². The molecule has 2 aliphatic rings. The molecule has 9 heteroatoms. The van der Waals surface area contributed by atoms with Gasteiger partial charge in [-0.15, -0.1) is 0 Å². The molecule has 8 nitrogen and oxygen atoms in total. The molecule has 1 unspecified atom stereocenters. The number of rotatable bonds is 8. The average Bonchev–Trinajstić information content (AvgIpc) is 3.46. The van der Waals surface area contributed by atoms with Crippen molar-refractivity contribution in [3.8, 4) is 23.1 Å². The number of nitriles is 1. The first kappa shape index (κ1) is 20.9. The molecule has 2 aromatic carbocycles. The van der Waals surface area contributed by atoms with E-state index in [1.807, 2.05) is 42.5 Å². The molecule has 0 bridgehead atoms. The van der Waals surface area contributed by atoms with Gasteiger partial charge in [-0.05, 0) is 61.9 Å². The summed E-state index contributed by atoms with van der Waals surface area (Å²) in [6.07, 6.45) is 6.86. The molecule has 34 heavy (non-hydrogen) atoms. The molecular weight excluding hydrogens is 448 g/mol. The van der Waals surface area contributed by atoms with Crippen LogP contribution in [0.2, 0.25) is 0 Å². The van der Waals surface area contributed by atoms with E-state index in [9.17, 15) is 9.47 Å². The maximum Gasteiger partial charge on any atom is 0.162 e. The summed E-state index contributed by atoms with van der Waals surface area (Å²) in [5, 5.41) is 18.0. The summed E-state index contributed by atoms with van der Waals surface area (Å²) in [4.78, 5) is 4.11. The number of H-pyrrole nitrogens is 1. The number of benzene rings is 2. The highest BCUT2D eigenvalue weighted by Crippen LogP contribution is 2.43. The number of nitrogens with one attached hydrogen (secondary N) is 2. The second-order valence-corrected chi connectivity index (χ2v) is 10.3. The number of fused-ring (bicyclic) bond motifs is 1. The van der Waals surface area contributed by atoms with Crippen molar-refractivity contribution in [2.45, 2.75) is 50.0 Å². The Morgan fingerprint density at radius 2 is 2.00 bits per heavy atom. The van der Waals surface area contributed by atoms with E-state index in [4.69, 9.17) is 4.74 Å². The standard InChI is InChI=1S/C25H24N6O2S/c26-13-22-21-11-8-19(33-14-24-27-15-28-29-24)12-23(21)31(18-2-1-3-18)25(22)16-4-6-17(7-5-16)30-34(32)20-9-10-20/h4-8,11-12,15,18,20,30H,1-3,9-10,14H2,(H,27,28,29). The van der Waals surface area contributed by atoms with Gasteiger partial charge in [-0.25, -0.2) is 9.19 Å². The average molecular weight is 473 g/mol. The first-order valence-corrected chi connectivity index (χ1v) is 12.8. The van der Waals surface area contributed by atoms with Gasteiger partial charge in [0.05, 0.1) is 22.0 Å². The summed E-state index contributed by atoms with van der Waals surface area (Å²) < 4.78 is 23.6. The largest absolute Gasteiger partial charge is 0.486 e. The van der Waals surface area contributed by atoms with Gasteiger partial charge in [-0.2, -0.15) is 10.4 Å². The third-order valence-electron chi connectivity index (χ3n) is 6.57. The Morgan fingerprint density at radius 1 is 1.18 bits per heavy atom. The van der Waals surface area contributed by atoms with Crippen LogP contribution in [-0.4, -0.2) is 29.2 Å². The summed E-state index contributed by atoms with van der Waals surface area (Å²) in [6.45, 7) is 0.296. The molecule has 6 rings (SSSR count). The highest BCUT2D eigenvalue weighted by atomic mass is 32.2. The van der Waals surface area contributed by atoms with Crippen molar-refractivity contribution in [3.63, 3.8) is 0 Å². The van der Waals surface area contributed by atoms with E-state index < -0.39 is 11.0 Å². The van der Waals surface area contributed by atoms with Crippen molar-refractivity contribution in [1.82, 2.24) is 19.7 Å². The van der Waals surface area contributed by atoms with E-state index >= 15 is 0 Å². The number of hydrogen-bond acceptors (Lipinski definition) is 5. The molecule has 172 valence electrons. The van der Waals surface area contributed by atoms with Crippen molar-refractivity contribution in [1.29, 1.82) is 5.26 Å². The van der Waals surface area contributed by atoms with E-state index in [0.29, 0.717) is 24.0 Å². The quantitative estimate of drug-likeness (QED) is 0.381. The molecule has 0 amide bonds. The van der Waals surface area contributed by atoms with Gasteiger partial charge in [-0.1, -0.05) is 12.1 Å². The van der Waals surface area contributed by atoms with Crippen LogP contribution in [-0.2, 0) is 17.6 Å². The fourth-order valence-electron chi connectivity index (χ4n) is 4.43. The van der Waals surface area contributed by atoms with Crippen LogP contribution in [0.5, 0.6) is 5.75 Å². The van der Waals surface area contributed by atoms with E-state index in [1.165, 1.54) is 12.7 Å². The Morgan fingerprint density at radius 3 is 2.65 bits per heavy atom. The topological polar surface area (TPSA) is 109 Å². The fraction of sp³-hybridized carbons (Fsp3) is 0.320. The highest BCUT2D eigenvalue weighted by molar-refractivity contribution is 7.87. The third kappa shape index (κ3) is 3.84. The van der Waals surface area contributed by atoms with E-state index in [0.717, 1.165) is 59.3 Å². The lowest BCUT2D eigenvalue weighted by Crippen LogP contribution is -2.17. The Labute approximate surface area is 199 Å². The van der Waals surface area contributed by atoms with Crippen LogP contribution in [0.3, 0.4) is 0 Å². The van der Waals surface area contributed by atoms with Crippen LogP contribution in [0, 0.1) is 11.3 Å². The van der Waals surface area contributed by atoms with E-state index in [2.05, 4.69) is 30.5 Å². The van der Waals surface area contributed by atoms with Crippen molar-refractivity contribution >= 4 is 27.6 Å². The number of ether oxygens (including phenoxy) is 1. The van der Waals surface area contributed by atoms with Crippen molar-refractivity contribution in [2.75, 3.05) is 4.72 Å². The molecule has 2 aromatic heterocycles. The van der Waals surface area contributed by atoms with Crippen LogP contribution < -0.4 is 9.46 Å². The molecule has 2 heterocycles. The predicted octanol–water partition coefficient (Wildman–Crippen LogP) is 4.84. The SMILES string of the molecule is N#Cc1c(-c2ccc(NS(=O)C3CC3)cc2)n(C2CCC2)c2cc(OCc3ncn[nH]3)ccc12. The normalized spacial score (nSPS) is 16.7. The van der Waals surface area contributed by atoms with Crippen LogP contribution in [0.15, 0.2) is 48.8 Å². The zero-order valence-electron chi connectivity index (χ0n) is 18.5. The monoisotopic (exact) mass is 472 g/mol. The van der Waals surface area contributed by atoms with Gasteiger partial charge >= 0.3 is 0 Å². The number of aromatic amines is 1. The molecule has 4 aromatic rings. The zero-order valence-corrected chi connectivity index (χ0v) is 19.3. The number of aromatic nitrogens is 4. The lowest BCUT2D eigenvalue weighted by Gasteiger charge is -2.30. The van der Waals surface area contributed by atoms with Crippen LogP contribution in [0.25, 0.3) is 22.2 Å². The predicted molar refractivity (Wildman–Crippen MR) is 130 cm³/mol. The van der Waals surface area contributed by atoms with Crippen molar-refractivity contribution in [2.24, 2.45) is 0 Å². The Balaban J connectivity index is 1.38. The van der Waals surface area contributed by atoms with Gasteiger partial charge in [0.1, 0.15) is 35.7 Å². The summed E-state index contributed by atoms with van der Waals surface area (Å²) in [5.74, 6) is 1.38. The summed E-state index contributed by atoms with van der Waals surface area (Å²) in [5.41, 5.74) is 4.42. The van der Waals surface area contributed by atoms with Gasteiger partial charge < -0.3 is 14.0 Å². The molecule has 1 atom stereocenters. The molecule has 0 radical (unpaired) electrons. The van der Waals surface area contributed by atoms with Crippen molar-refractivity contribution < 1.29 is 8.95 Å². The van der Waals surface area contributed by atoms with Crippen LogP contribution >= 0.6 is 0 Å². The fourth-order valence-corrected chi connectivity index (χ4v) is 5.53. The van der Waals surface area contributed by atoms with Gasteiger partial charge in [0.2, 0.25) is 0 Å². The zero-order chi connectivity index (χ0) is 23.1. The summed E-state index contributed by atoms with van der Waals surface area (Å²) in [7, 11) is -1.03. The van der Waals surface area contributed by atoms with Gasteiger partial charge in [0.15, 0.2) is 5.82 Å². The first-order valence-electron chi connectivity index (χ1n) is 11.5. The molecular formula is C25H24N6O2S. The van der Waals surface area contributed by atoms with Gasteiger partial charge in [0, 0.05) is 23.2 Å². The maximum atomic E-state index is 12.2. The third-order valence-corrected chi connectivity index (χ3v) is 8.09. The minimum Gasteiger partial charge on any atom is -0.486 e. The second-order valence-electron chi connectivity index (χ2n) is 8.87. The minimum atomic E-state index is -1.03. The molecule has 2 saturated carbocycles. The second kappa shape index (κ2) is 8.61. The number of nitrogens with zero attached hydrogens (tertiary/aromatic N) is 4. The van der Waals surface area contributed by atoms with Crippen LogP contribution in [0.4, 0.5) is 5.69 Å². The highest BCUT2D eigenvalue weighted by Gasteiger charge is 2.29. The minimum absolute atomic E-state index is 0.270. The number of anilines is 1. The molecule has 2 N–H and O–H groups in total. The first-order chi connectivity index (χ1) is 16.7. The van der Waals surface area contributed by atoms with Crippen LogP contribution in [0.1, 0.15) is 49.5 Å². The molecule has 2 aliphatic carbocycles. The van der Waals surface area contributed by atoms with Gasteiger partial charge in [-0.3, -0.25) is 5.10 Å². The van der Waals surface area contributed by atoms with E-state index in [-0.39, 0.29) is 5.25 Å². The summed E-state index contributed by atoms with van der Waals surface area (Å²) in [6, 6.07) is 16.6. The van der Waals surface area contributed by atoms with Gasteiger partial charge in [0.25, 0.3) is 0 Å². The smallest absolute Gasteiger partial charge is 0.162 e. The molecule has 2 fully saturated rings. The molecule has 0 spiro atoms. The Kier molecular flexibility index (Phi) is 5.30. The Bertz CT molecular complexity index is 1400.